The highest BCUT2D eigenvalue weighted by atomic mass is 79.9. The van der Waals surface area contributed by atoms with E-state index in [1.165, 1.54) is 24.5 Å². The highest BCUT2D eigenvalue weighted by Gasteiger charge is 2.19. The molecule has 8 heteroatoms. The predicted molar refractivity (Wildman–Crippen MR) is 79.2 cm³/mol. The summed E-state index contributed by atoms with van der Waals surface area (Å²) in [5.74, 6) is 0. The van der Waals surface area contributed by atoms with Gasteiger partial charge in [0.2, 0.25) is 0 Å². The van der Waals surface area contributed by atoms with Crippen LogP contribution in [0.4, 0.5) is 5.69 Å². The van der Waals surface area contributed by atoms with Crippen LogP contribution in [-0.2, 0) is 10.0 Å². The molecule has 2 aromatic rings. The summed E-state index contributed by atoms with van der Waals surface area (Å²) in [5.41, 5.74) is 0.326. The van der Waals surface area contributed by atoms with Crippen LogP contribution >= 0.6 is 39.1 Å². The molecule has 0 spiro atoms. The van der Waals surface area contributed by atoms with E-state index in [9.17, 15) is 8.42 Å². The number of nitrogens with zero attached hydrogens (tertiary/aromatic N) is 1. The van der Waals surface area contributed by atoms with Crippen LogP contribution in [0.25, 0.3) is 0 Å². The van der Waals surface area contributed by atoms with E-state index in [0.717, 1.165) is 0 Å². The average Bonchev–Trinajstić information content (AvgIpc) is 2.34. The summed E-state index contributed by atoms with van der Waals surface area (Å²) in [5, 5.41) is 0.513. The minimum absolute atomic E-state index is 0.0939. The molecule has 4 nitrogen and oxygen atoms in total. The van der Waals surface area contributed by atoms with Gasteiger partial charge in [-0.15, -0.1) is 0 Å². The van der Waals surface area contributed by atoms with Gasteiger partial charge in [-0.2, -0.15) is 0 Å². The van der Waals surface area contributed by atoms with Crippen LogP contribution < -0.4 is 4.72 Å². The monoisotopic (exact) mass is 380 g/mol. The number of hydrogen-bond acceptors (Lipinski definition) is 3. The number of nitrogens with one attached hydrogen (secondary N) is 1. The number of anilines is 1. The second-order valence-electron chi connectivity index (χ2n) is 3.54. The van der Waals surface area contributed by atoms with Crippen LogP contribution in [0.1, 0.15) is 0 Å². The highest BCUT2D eigenvalue weighted by Crippen LogP contribution is 2.29. The van der Waals surface area contributed by atoms with Crippen LogP contribution in [0.15, 0.2) is 46.0 Å². The zero-order chi connectivity index (χ0) is 14.0. The SMILES string of the molecule is O=S(=O)(Nc1cc(Cl)ccc1Br)c1cnccc1Cl. The zero-order valence-corrected chi connectivity index (χ0v) is 13.2. The van der Waals surface area contributed by atoms with Gasteiger partial charge in [0, 0.05) is 21.9 Å². The van der Waals surface area contributed by atoms with Gasteiger partial charge in [0.25, 0.3) is 10.0 Å². The van der Waals surface area contributed by atoms with Crippen LogP contribution in [0.5, 0.6) is 0 Å². The molecule has 0 aliphatic heterocycles. The molecule has 0 fully saturated rings. The topological polar surface area (TPSA) is 59.1 Å². The molecular formula is C11H7BrCl2N2O2S. The lowest BCUT2D eigenvalue weighted by molar-refractivity contribution is 0.601. The molecule has 0 bridgehead atoms. The molecule has 1 aromatic heterocycles. The highest BCUT2D eigenvalue weighted by molar-refractivity contribution is 9.10. The molecule has 1 N–H and O–H groups in total. The fourth-order valence-corrected chi connectivity index (χ4v) is 3.49. The van der Waals surface area contributed by atoms with Gasteiger partial charge in [0.15, 0.2) is 0 Å². The van der Waals surface area contributed by atoms with E-state index in [2.05, 4.69) is 25.6 Å². The Labute approximate surface area is 128 Å². The number of aromatic nitrogens is 1. The summed E-state index contributed by atoms with van der Waals surface area (Å²) in [6, 6.07) is 6.18. The van der Waals surface area contributed by atoms with Crippen LogP contribution in [0.3, 0.4) is 0 Å². The maximum absolute atomic E-state index is 12.2. The lowest BCUT2D eigenvalue weighted by Gasteiger charge is -2.10. The fourth-order valence-electron chi connectivity index (χ4n) is 1.34. The molecule has 0 aliphatic carbocycles. The quantitative estimate of drug-likeness (QED) is 0.875. The first-order valence-electron chi connectivity index (χ1n) is 4.97. The van der Waals surface area contributed by atoms with Crippen molar-refractivity contribution in [3.63, 3.8) is 0 Å². The zero-order valence-electron chi connectivity index (χ0n) is 9.27. The third-order valence-corrected chi connectivity index (χ3v) is 4.96. The molecule has 0 unspecified atom stereocenters. The maximum Gasteiger partial charge on any atom is 0.264 e. The van der Waals surface area contributed by atoms with Crippen LogP contribution in [0.2, 0.25) is 10.0 Å². The second-order valence-corrected chi connectivity index (χ2v) is 6.88. The summed E-state index contributed by atoms with van der Waals surface area (Å²) in [6.45, 7) is 0. The maximum atomic E-state index is 12.2. The van der Waals surface area contributed by atoms with Crippen molar-refractivity contribution in [1.29, 1.82) is 0 Å². The van der Waals surface area contributed by atoms with E-state index in [0.29, 0.717) is 15.2 Å². The molecular weight excluding hydrogens is 375 g/mol. The average molecular weight is 382 g/mol. The lowest BCUT2D eigenvalue weighted by Crippen LogP contribution is -2.14. The van der Waals surface area contributed by atoms with Crippen molar-refractivity contribution < 1.29 is 8.42 Å². The summed E-state index contributed by atoms with van der Waals surface area (Å²) in [7, 11) is -3.82. The van der Waals surface area contributed by atoms with Crippen molar-refractivity contribution in [3.05, 3.63) is 51.2 Å². The Morgan fingerprint density at radius 3 is 2.63 bits per heavy atom. The minimum Gasteiger partial charge on any atom is -0.278 e. The Morgan fingerprint density at radius 2 is 1.95 bits per heavy atom. The number of sulfonamides is 1. The van der Waals surface area contributed by atoms with Crippen molar-refractivity contribution in [3.8, 4) is 0 Å². The molecule has 0 saturated heterocycles. The number of halogens is 3. The van der Waals surface area contributed by atoms with Gasteiger partial charge in [-0.3, -0.25) is 9.71 Å². The first kappa shape index (κ1) is 14.6. The standard InChI is InChI=1S/C11H7BrCl2N2O2S/c12-8-2-1-7(13)5-10(8)16-19(17,18)11-6-15-4-3-9(11)14/h1-6,16H. The van der Waals surface area contributed by atoms with Gasteiger partial charge in [0.05, 0.1) is 10.7 Å². The molecule has 0 aliphatic rings. The van der Waals surface area contributed by atoms with E-state index in [1.54, 1.807) is 12.1 Å². The van der Waals surface area contributed by atoms with E-state index in [1.807, 2.05) is 0 Å². The van der Waals surface area contributed by atoms with E-state index in [4.69, 9.17) is 23.2 Å². The molecule has 0 radical (unpaired) electrons. The van der Waals surface area contributed by atoms with Crippen LogP contribution in [0, 0.1) is 0 Å². The summed E-state index contributed by atoms with van der Waals surface area (Å²) in [6.07, 6.45) is 2.60. The number of benzene rings is 1. The fraction of sp³-hybridized carbons (Fsp3) is 0. The molecule has 19 heavy (non-hydrogen) atoms. The molecule has 0 amide bonds. The minimum atomic E-state index is -3.82. The van der Waals surface area contributed by atoms with Gasteiger partial charge >= 0.3 is 0 Å². The Bertz CT molecular complexity index is 722. The predicted octanol–water partition coefficient (Wildman–Crippen LogP) is 3.95. The van der Waals surface area contributed by atoms with Crippen molar-refractivity contribution in [2.75, 3.05) is 4.72 Å². The molecule has 1 aromatic carbocycles. The van der Waals surface area contributed by atoms with Crippen molar-refractivity contribution >= 4 is 54.8 Å². The molecule has 1 heterocycles. The first-order chi connectivity index (χ1) is 8.90. The number of hydrogen-bond donors (Lipinski definition) is 1. The summed E-state index contributed by atoms with van der Waals surface area (Å²) in [4.78, 5) is 3.66. The van der Waals surface area contributed by atoms with Gasteiger partial charge in [-0.05, 0) is 40.2 Å². The van der Waals surface area contributed by atoms with E-state index >= 15 is 0 Å². The molecule has 0 atom stereocenters. The van der Waals surface area contributed by atoms with Gasteiger partial charge in [0.1, 0.15) is 4.90 Å². The van der Waals surface area contributed by atoms with Gasteiger partial charge < -0.3 is 0 Å². The van der Waals surface area contributed by atoms with Crippen molar-refractivity contribution in [2.45, 2.75) is 4.90 Å². The Morgan fingerprint density at radius 1 is 1.21 bits per heavy atom. The smallest absolute Gasteiger partial charge is 0.264 e. The Balaban J connectivity index is 2.43. The number of pyridine rings is 1. The van der Waals surface area contributed by atoms with Crippen molar-refractivity contribution in [1.82, 2.24) is 4.98 Å². The normalized spacial score (nSPS) is 11.3. The third kappa shape index (κ3) is 3.39. The molecule has 0 saturated carbocycles. The van der Waals surface area contributed by atoms with Gasteiger partial charge in [-0.25, -0.2) is 8.42 Å². The van der Waals surface area contributed by atoms with E-state index in [-0.39, 0.29) is 9.92 Å². The summed E-state index contributed by atoms with van der Waals surface area (Å²) >= 11 is 14.9. The summed E-state index contributed by atoms with van der Waals surface area (Å²) < 4.78 is 27.3. The molecule has 100 valence electrons. The largest absolute Gasteiger partial charge is 0.278 e. The first-order valence-corrected chi connectivity index (χ1v) is 8.01. The van der Waals surface area contributed by atoms with Gasteiger partial charge in [-0.1, -0.05) is 23.2 Å². The molecule has 2 rings (SSSR count). The second kappa shape index (κ2) is 5.66. The Hall–Kier alpha value is -0.820. The Kier molecular flexibility index (Phi) is 4.35. The van der Waals surface area contributed by atoms with Crippen molar-refractivity contribution in [2.24, 2.45) is 0 Å². The third-order valence-electron chi connectivity index (χ3n) is 2.20. The van der Waals surface area contributed by atoms with Crippen LogP contribution in [-0.4, -0.2) is 13.4 Å². The number of rotatable bonds is 3. The van der Waals surface area contributed by atoms with E-state index < -0.39 is 10.0 Å². The lowest BCUT2D eigenvalue weighted by atomic mass is 10.3.